The molecule has 0 radical (unpaired) electrons. The van der Waals surface area contributed by atoms with E-state index in [1.54, 1.807) is 0 Å². The van der Waals surface area contributed by atoms with Crippen LogP contribution in [0.3, 0.4) is 0 Å². The van der Waals surface area contributed by atoms with Gasteiger partial charge in [-0.2, -0.15) is 0 Å². The maximum Gasteiger partial charge on any atom is 0.0618 e. The van der Waals surface area contributed by atoms with Crippen LogP contribution in [0.2, 0.25) is 0 Å². The largest absolute Gasteiger partial charge is 0.309 e. The van der Waals surface area contributed by atoms with Crippen molar-refractivity contribution in [1.29, 1.82) is 0 Å². The van der Waals surface area contributed by atoms with Crippen molar-refractivity contribution in [2.45, 2.75) is 38.0 Å². The summed E-state index contributed by atoms with van der Waals surface area (Å²) in [5.74, 6) is 0.487. The van der Waals surface area contributed by atoms with Crippen molar-refractivity contribution >= 4 is 60.4 Å². The molecule has 0 amide bonds. The molecular weight excluding hydrogens is 773 g/mol. The third-order valence-electron chi connectivity index (χ3n) is 13.7. The second kappa shape index (κ2) is 16.2. The van der Waals surface area contributed by atoms with Gasteiger partial charge in [-0.3, -0.25) is 0 Å². The highest BCUT2D eigenvalue weighted by atomic mass is 15.1. The van der Waals surface area contributed by atoms with Crippen LogP contribution in [0.1, 0.15) is 43.6 Å². The summed E-state index contributed by atoms with van der Waals surface area (Å²) in [7, 11) is 0. The van der Waals surface area contributed by atoms with E-state index >= 15 is 0 Å². The topological polar surface area (TPSA) is 8.17 Å². The minimum absolute atomic E-state index is 0.487. The third-order valence-corrected chi connectivity index (χ3v) is 13.7. The van der Waals surface area contributed by atoms with E-state index in [1.165, 1.54) is 120 Å². The van der Waals surface area contributed by atoms with Crippen molar-refractivity contribution in [2.75, 3.05) is 4.90 Å². The Kier molecular flexibility index (Phi) is 9.64. The molecule has 2 nitrogen and oxygen atoms in total. The molecule has 1 fully saturated rings. The zero-order valence-electron chi connectivity index (χ0n) is 35.9. The van der Waals surface area contributed by atoms with Gasteiger partial charge in [0.05, 0.1) is 16.7 Å². The molecule has 10 aromatic carbocycles. The van der Waals surface area contributed by atoms with Gasteiger partial charge in [0.2, 0.25) is 0 Å². The molecule has 1 saturated carbocycles. The molecule has 1 aliphatic carbocycles. The van der Waals surface area contributed by atoms with Crippen LogP contribution in [-0.2, 0) is 0 Å². The molecule has 64 heavy (non-hydrogen) atoms. The first-order chi connectivity index (χ1) is 31.8. The standard InChI is InChI=1S/C62H48N2/c1-6-18-43(19-7-1)46-30-34-51(35-31-46)63(52-36-39-60-56(42-52)53-28-16-17-29-59(53)64(60)50-26-14-5-15-27-50)62-55-38-33-48(44-20-8-2-9-21-44)40-57(55)61(47-24-12-4-13-25-47)54-37-32-49(41-58(54)62)45-22-10-3-11-23-45/h1-3,5-11,14-23,26-42,47H,4,12-13,24-25H2. The van der Waals surface area contributed by atoms with Gasteiger partial charge in [0.25, 0.3) is 0 Å². The summed E-state index contributed by atoms with van der Waals surface area (Å²) < 4.78 is 2.41. The van der Waals surface area contributed by atoms with Crippen LogP contribution in [-0.4, -0.2) is 4.57 Å². The second-order valence-electron chi connectivity index (χ2n) is 17.5. The summed E-state index contributed by atoms with van der Waals surface area (Å²) in [5, 5.41) is 7.73. The highest BCUT2D eigenvalue weighted by molar-refractivity contribution is 6.19. The third kappa shape index (κ3) is 6.66. The molecule has 1 aliphatic rings. The van der Waals surface area contributed by atoms with Crippen molar-refractivity contribution < 1.29 is 0 Å². The number of rotatable bonds is 8. The Morgan fingerprint density at radius 2 is 0.828 bits per heavy atom. The molecule has 0 bridgehead atoms. The van der Waals surface area contributed by atoms with Crippen LogP contribution in [0.25, 0.3) is 82.4 Å². The molecule has 0 unspecified atom stereocenters. The lowest BCUT2D eigenvalue weighted by molar-refractivity contribution is 0.447. The smallest absolute Gasteiger partial charge is 0.0618 e. The molecule has 0 atom stereocenters. The predicted octanol–water partition coefficient (Wildman–Crippen LogP) is 17.6. The summed E-state index contributed by atoms with van der Waals surface area (Å²) in [4.78, 5) is 2.56. The molecule has 2 heteroatoms. The maximum atomic E-state index is 2.56. The first-order valence-electron chi connectivity index (χ1n) is 23.0. The molecule has 0 aliphatic heterocycles. The number of aromatic nitrogens is 1. The van der Waals surface area contributed by atoms with E-state index in [4.69, 9.17) is 0 Å². The number of hydrogen-bond acceptors (Lipinski definition) is 1. The molecule has 1 heterocycles. The van der Waals surface area contributed by atoms with E-state index in [0.29, 0.717) is 5.92 Å². The highest BCUT2D eigenvalue weighted by Crippen LogP contribution is 2.51. The van der Waals surface area contributed by atoms with E-state index in [0.717, 1.165) is 17.1 Å². The maximum absolute atomic E-state index is 2.56. The second-order valence-corrected chi connectivity index (χ2v) is 17.5. The Hall–Kier alpha value is -7.68. The SMILES string of the molecule is c1ccc(-c2ccc(N(c3ccc4c(c3)c3ccccc3n4-c3ccccc3)c3c4ccc(-c5ccccc5)cc4c(C4CCCCC4)c4ccc(-c5ccccc5)cc34)cc2)cc1. The minimum atomic E-state index is 0.487. The Morgan fingerprint density at radius 1 is 0.328 bits per heavy atom. The van der Waals surface area contributed by atoms with Gasteiger partial charge in [0.1, 0.15) is 0 Å². The van der Waals surface area contributed by atoms with Crippen molar-refractivity contribution in [2.24, 2.45) is 0 Å². The first kappa shape index (κ1) is 38.0. The molecular formula is C62H48N2. The number of benzene rings is 10. The fraction of sp³-hybridized carbons (Fsp3) is 0.0968. The number of nitrogens with zero attached hydrogens (tertiary/aromatic N) is 2. The Morgan fingerprint density at radius 3 is 1.48 bits per heavy atom. The normalized spacial score (nSPS) is 13.2. The van der Waals surface area contributed by atoms with E-state index in [2.05, 4.69) is 234 Å². The van der Waals surface area contributed by atoms with Crippen LogP contribution in [0.5, 0.6) is 0 Å². The van der Waals surface area contributed by atoms with Crippen molar-refractivity contribution in [3.8, 4) is 39.1 Å². The Balaban J connectivity index is 1.19. The molecule has 1 aromatic heterocycles. The Labute approximate surface area is 375 Å². The highest BCUT2D eigenvalue weighted by Gasteiger charge is 2.27. The Bertz CT molecular complexity index is 3440. The molecule has 11 aromatic rings. The lowest BCUT2D eigenvalue weighted by Gasteiger charge is -2.32. The monoisotopic (exact) mass is 820 g/mol. The van der Waals surface area contributed by atoms with Crippen molar-refractivity contribution in [1.82, 2.24) is 4.57 Å². The average Bonchev–Trinajstić information content (AvgIpc) is 3.71. The van der Waals surface area contributed by atoms with Crippen LogP contribution in [0, 0.1) is 0 Å². The lowest BCUT2D eigenvalue weighted by atomic mass is 9.78. The van der Waals surface area contributed by atoms with Gasteiger partial charge < -0.3 is 9.47 Å². The number of anilines is 3. The summed E-state index contributed by atoms with van der Waals surface area (Å²) in [5.41, 5.74) is 15.9. The molecule has 306 valence electrons. The van der Waals surface area contributed by atoms with E-state index in [1.807, 2.05) is 0 Å². The van der Waals surface area contributed by atoms with Crippen LogP contribution < -0.4 is 4.90 Å². The fourth-order valence-electron chi connectivity index (χ4n) is 10.7. The summed E-state index contributed by atoms with van der Waals surface area (Å²) in [6.45, 7) is 0. The van der Waals surface area contributed by atoms with Gasteiger partial charge >= 0.3 is 0 Å². The molecule has 0 spiro atoms. The molecule has 0 saturated heterocycles. The zero-order valence-corrected chi connectivity index (χ0v) is 35.9. The van der Waals surface area contributed by atoms with E-state index < -0.39 is 0 Å². The van der Waals surface area contributed by atoms with Gasteiger partial charge in [-0.15, -0.1) is 0 Å². The van der Waals surface area contributed by atoms with E-state index in [-0.39, 0.29) is 0 Å². The average molecular weight is 821 g/mol. The van der Waals surface area contributed by atoms with Crippen LogP contribution in [0.4, 0.5) is 17.1 Å². The lowest BCUT2D eigenvalue weighted by Crippen LogP contribution is -2.13. The summed E-state index contributed by atoms with van der Waals surface area (Å²) >= 11 is 0. The van der Waals surface area contributed by atoms with Gasteiger partial charge in [-0.05, 0) is 129 Å². The van der Waals surface area contributed by atoms with Gasteiger partial charge in [0, 0.05) is 38.6 Å². The first-order valence-corrected chi connectivity index (χ1v) is 23.0. The number of hydrogen-bond donors (Lipinski definition) is 0. The molecule has 12 rings (SSSR count). The van der Waals surface area contributed by atoms with Gasteiger partial charge in [0.15, 0.2) is 0 Å². The van der Waals surface area contributed by atoms with Gasteiger partial charge in [-0.25, -0.2) is 0 Å². The van der Waals surface area contributed by atoms with Gasteiger partial charge in [-0.1, -0.05) is 183 Å². The van der Waals surface area contributed by atoms with Crippen molar-refractivity contribution in [3.05, 3.63) is 230 Å². The van der Waals surface area contributed by atoms with Crippen LogP contribution >= 0.6 is 0 Å². The van der Waals surface area contributed by atoms with Crippen molar-refractivity contribution in [3.63, 3.8) is 0 Å². The number of para-hydroxylation sites is 2. The predicted molar refractivity (Wildman–Crippen MR) is 273 cm³/mol. The summed E-state index contributed by atoms with van der Waals surface area (Å²) in [6, 6.07) is 83.1. The summed E-state index contributed by atoms with van der Waals surface area (Å²) in [6.07, 6.45) is 6.28. The minimum Gasteiger partial charge on any atom is -0.309 e. The fourth-order valence-corrected chi connectivity index (χ4v) is 10.7. The van der Waals surface area contributed by atoms with Crippen LogP contribution in [0.15, 0.2) is 224 Å². The quantitative estimate of drug-likeness (QED) is 0.139. The van der Waals surface area contributed by atoms with E-state index in [9.17, 15) is 0 Å². The number of fused-ring (bicyclic) bond motifs is 5. The molecule has 0 N–H and O–H groups in total. The zero-order chi connectivity index (χ0) is 42.4.